The average molecular weight is 479 g/mol. The van der Waals surface area contributed by atoms with E-state index in [1.165, 1.54) is 24.6 Å². The van der Waals surface area contributed by atoms with Crippen molar-refractivity contribution >= 4 is 15.9 Å². The van der Waals surface area contributed by atoms with Gasteiger partial charge in [-0.2, -0.15) is 4.31 Å². The van der Waals surface area contributed by atoms with Gasteiger partial charge >= 0.3 is 0 Å². The number of rotatable bonds is 9. The maximum Gasteiger partial charge on any atom is 0.246 e. The predicted molar refractivity (Wildman–Crippen MR) is 122 cm³/mol. The first-order chi connectivity index (χ1) is 15.8. The van der Waals surface area contributed by atoms with Gasteiger partial charge in [-0.25, -0.2) is 8.42 Å². The smallest absolute Gasteiger partial charge is 0.246 e. The normalized spacial score (nSPS) is 16.7. The number of carbonyl (C=O) groups excluding carboxylic acids is 1. The molecule has 180 valence electrons. The Bertz CT molecular complexity index is 1090. The summed E-state index contributed by atoms with van der Waals surface area (Å²) in [5, 5.41) is 2.91. The molecule has 1 aliphatic rings. The molecule has 1 heterocycles. The molecular weight excluding hydrogens is 448 g/mol. The predicted octanol–water partition coefficient (Wildman–Crippen LogP) is 2.44. The van der Waals surface area contributed by atoms with Crippen LogP contribution in [-0.4, -0.2) is 60.2 Å². The zero-order valence-electron chi connectivity index (χ0n) is 19.3. The van der Waals surface area contributed by atoms with Crippen LogP contribution in [0.3, 0.4) is 0 Å². The number of amides is 1. The van der Waals surface area contributed by atoms with E-state index in [9.17, 15) is 13.2 Å². The molecule has 10 heteroatoms. The van der Waals surface area contributed by atoms with E-state index in [-0.39, 0.29) is 23.1 Å². The molecule has 1 amide bonds. The maximum absolute atomic E-state index is 13.3. The first kappa shape index (κ1) is 24.7. The molecule has 33 heavy (non-hydrogen) atoms. The third-order valence-electron chi connectivity index (χ3n) is 5.66. The standard InChI is InChI=1S/C23H30N2O7S/c1-29-18-8-10-20(31-3)22(13-18)33(27,28)25-11-5-6-17(15-25)23(26)24-14-16-7-9-19(30-2)21(12-16)32-4/h7-10,12-13,17H,5-6,11,14-15H2,1-4H3,(H,24,26)/t17-/m0/s1. The van der Waals surface area contributed by atoms with Crippen LogP contribution in [0.1, 0.15) is 18.4 Å². The summed E-state index contributed by atoms with van der Waals surface area (Å²) in [6, 6.07) is 10.0. The summed E-state index contributed by atoms with van der Waals surface area (Å²) in [5.41, 5.74) is 0.849. The second-order valence-electron chi connectivity index (χ2n) is 7.63. The second-order valence-corrected chi connectivity index (χ2v) is 9.53. The fourth-order valence-corrected chi connectivity index (χ4v) is 5.52. The van der Waals surface area contributed by atoms with E-state index in [4.69, 9.17) is 18.9 Å². The van der Waals surface area contributed by atoms with Gasteiger partial charge in [0.25, 0.3) is 0 Å². The second kappa shape index (κ2) is 10.8. The van der Waals surface area contributed by atoms with Gasteiger partial charge in [0.05, 0.1) is 34.4 Å². The number of sulfonamides is 1. The van der Waals surface area contributed by atoms with Crippen LogP contribution in [0, 0.1) is 5.92 Å². The first-order valence-corrected chi connectivity index (χ1v) is 12.0. The van der Waals surface area contributed by atoms with Crippen molar-refractivity contribution in [3.63, 3.8) is 0 Å². The van der Waals surface area contributed by atoms with Crippen LogP contribution < -0.4 is 24.3 Å². The van der Waals surface area contributed by atoms with Gasteiger partial charge in [0.2, 0.25) is 15.9 Å². The highest BCUT2D eigenvalue weighted by molar-refractivity contribution is 7.89. The Hall–Kier alpha value is -2.98. The van der Waals surface area contributed by atoms with Crippen LogP contribution >= 0.6 is 0 Å². The minimum Gasteiger partial charge on any atom is -0.497 e. The number of hydrogen-bond acceptors (Lipinski definition) is 7. The van der Waals surface area contributed by atoms with Crippen molar-refractivity contribution in [1.29, 1.82) is 0 Å². The zero-order chi connectivity index (χ0) is 24.0. The zero-order valence-corrected chi connectivity index (χ0v) is 20.1. The number of carbonyl (C=O) groups is 1. The SMILES string of the molecule is COc1ccc(OC)c(S(=O)(=O)N2CCC[C@H](C(=O)NCc3ccc(OC)c(OC)c3)C2)c1. The van der Waals surface area contributed by atoms with Crippen molar-refractivity contribution in [2.45, 2.75) is 24.3 Å². The molecule has 0 aliphatic carbocycles. The lowest BCUT2D eigenvalue weighted by atomic mass is 9.98. The minimum atomic E-state index is -3.87. The van der Waals surface area contributed by atoms with E-state index in [1.807, 2.05) is 6.07 Å². The van der Waals surface area contributed by atoms with Gasteiger partial charge in [0.15, 0.2) is 11.5 Å². The van der Waals surface area contributed by atoms with Crippen LogP contribution in [0.4, 0.5) is 0 Å². The molecular formula is C23H30N2O7S. The Morgan fingerprint density at radius 1 is 0.970 bits per heavy atom. The molecule has 3 rings (SSSR count). The van der Waals surface area contributed by atoms with Crippen LogP contribution in [0.5, 0.6) is 23.0 Å². The van der Waals surface area contributed by atoms with Crippen molar-refractivity contribution in [3.05, 3.63) is 42.0 Å². The summed E-state index contributed by atoms with van der Waals surface area (Å²) in [4.78, 5) is 12.9. The highest BCUT2D eigenvalue weighted by Crippen LogP contribution is 2.33. The Morgan fingerprint density at radius 2 is 1.67 bits per heavy atom. The fourth-order valence-electron chi connectivity index (χ4n) is 3.82. The molecule has 2 aromatic carbocycles. The average Bonchev–Trinajstić information content (AvgIpc) is 2.86. The van der Waals surface area contributed by atoms with Gasteiger partial charge in [-0.3, -0.25) is 4.79 Å². The Labute approximate surface area is 194 Å². The van der Waals surface area contributed by atoms with Gasteiger partial charge in [-0.1, -0.05) is 6.07 Å². The molecule has 0 spiro atoms. The molecule has 0 aromatic heterocycles. The number of piperidine rings is 1. The highest BCUT2D eigenvalue weighted by Gasteiger charge is 2.35. The van der Waals surface area contributed by atoms with E-state index in [0.717, 1.165) is 5.56 Å². The van der Waals surface area contributed by atoms with Gasteiger partial charge in [0, 0.05) is 25.7 Å². The van der Waals surface area contributed by atoms with E-state index in [1.54, 1.807) is 38.5 Å². The van der Waals surface area contributed by atoms with Gasteiger partial charge in [-0.15, -0.1) is 0 Å². The van der Waals surface area contributed by atoms with Gasteiger partial charge in [0.1, 0.15) is 16.4 Å². The Balaban J connectivity index is 1.70. The third kappa shape index (κ3) is 5.51. The summed E-state index contributed by atoms with van der Waals surface area (Å²) in [6.07, 6.45) is 1.19. The summed E-state index contributed by atoms with van der Waals surface area (Å²) < 4.78 is 49.0. The number of methoxy groups -OCH3 is 4. The summed E-state index contributed by atoms with van der Waals surface area (Å²) in [5.74, 6) is 1.18. The van der Waals surface area contributed by atoms with Crippen LogP contribution in [0.25, 0.3) is 0 Å². The largest absolute Gasteiger partial charge is 0.497 e. The van der Waals surface area contributed by atoms with E-state index in [0.29, 0.717) is 43.2 Å². The van der Waals surface area contributed by atoms with Crippen LogP contribution in [-0.2, 0) is 21.4 Å². The molecule has 1 saturated heterocycles. The van der Waals surface area contributed by atoms with E-state index < -0.39 is 15.9 Å². The molecule has 1 N–H and O–H groups in total. The van der Waals surface area contributed by atoms with Crippen molar-refractivity contribution in [1.82, 2.24) is 9.62 Å². The molecule has 9 nitrogen and oxygen atoms in total. The maximum atomic E-state index is 13.3. The quantitative estimate of drug-likeness (QED) is 0.590. The number of benzene rings is 2. The summed E-state index contributed by atoms with van der Waals surface area (Å²) >= 11 is 0. The number of ether oxygens (including phenoxy) is 4. The van der Waals surface area contributed by atoms with Gasteiger partial charge in [-0.05, 0) is 42.7 Å². The molecule has 2 aromatic rings. The highest BCUT2D eigenvalue weighted by atomic mass is 32.2. The number of nitrogens with one attached hydrogen (secondary N) is 1. The molecule has 1 atom stereocenters. The van der Waals surface area contributed by atoms with Crippen molar-refractivity contribution in [2.24, 2.45) is 5.92 Å². The van der Waals surface area contributed by atoms with Crippen molar-refractivity contribution in [3.8, 4) is 23.0 Å². The molecule has 0 radical (unpaired) electrons. The lowest BCUT2D eigenvalue weighted by molar-refractivity contribution is -0.126. The molecule has 0 bridgehead atoms. The van der Waals surface area contributed by atoms with Crippen LogP contribution in [0.2, 0.25) is 0 Å². The van der Waals surface area contributed by atoms with Gasteiger partial charge < -0.3 is 24.3 Å². The minimum absolute atomic E-state index is 0.0238. The summed E-state index contributed by atoms with van der Waals surface area (Å²) in [6.45, 7) is 0.731. The Kier molecular flexibility index (Phi) is 8.04. The lowest BCUT2D eigenvalue weighted by Gasteiger charge is -2.31. The molecule has 1 fully saturated rings. The number of nitrogens with zero attached hydrogens (tertiary/aromatic N) is 1. The molecule has 1 aliphatic heterocycles. The molecule has 0 saturated carbocycles. The summed E-state index contributed by atoms with van der Waals surface area (Å²) in [7, 11) is 2.13. The third-order valence-corrected chi connectivity index (χ3v) is 7.54. The number of hydrogen-bond donors (Lipinski definition) is 1. The van der Waals surface area contributed by atoms with Crippen LogP contribution in [0.15, 0.2) is 41.3 Å². The topological polar surface area (TPSA) is 103 Å². The van der Waals surface area contributed by atoms with Crippen molar-refractivity contribution in [2.75, 3.05) is 41.5 Å². The van der Waals surface area contributed by atoms with E-state index in [2.05, 4.69) is 5.32 Å². The Morgan fingerprint density at radius 3 is 2.33 bits per heavy atom. The van der Waals surface area contributed by atoms with Crippen molar-refractivity contribution < 1.29 is 32.2 Å². The molecule has 0 unspecified atom stereocenters. The first-order valence-electron chi connectivity index (χ1n) is 10.5. The lowest BCUT2D eigenvalue weighted by Crippen LogP contribution is -2.45. The monoisotopic (exact) mass is 478 g/mol. The van der Waals surface area contributed by atoms with E-state index >= 15 is 0 Å². The fraction of sp³-hybridized carbons (Fsp3) is 0.435.